The third-order valence-corrected chi connectivity index (χ3v) is 6.08. The molecular weight excluding hydrogens is 350 g/mol. The predicted molar refractivity (Wildman–Crippen MR) is 101 cm³/mol. The van der Waals surface area contributed by atoms with Crippen molar-refractivity contribution in [3.8, 4) is 0 Å². The first kappa shape index (κ1) is 18.4. The average Bonchev–Trinajstić information content (AvgIpc) is 3.09. The smallest absolute Gasteiger partial charge is 0.261 e. The van der Waals surface area contributed by atoms with Crippen molar-refractivity contribution < 1.29 is 13.2 Å². The maximum Gasteiger partial charge on any atom is 0.261 e. The molecule has 1 amide bonds. The van der Waals surface area contributed by atoms with Crippen LogP contribution in [0.2, 0.25) is 0 Å². The molecule has 0 radical (unpaired) electrons. The molecule has 0 saturated heterocycles. The molecule has 1 aliphatic rings. The first-order valence-corrected chi connectivity index (χ1v) is 10.1. The fraction of sp³-hybridized carbons (Fsp3) is 0.316. The number of benzene rings is 2. The van der Waals surface area contributed by atoms with Gasteiger partial charge in [0.15, 0.2) is 0 Å². The van der Waals surface area contributed by atoms with Crippen LogP contribution >= 0.6 is 0 Å². The quantitative estimate of drug-likeness (QED) is 0.723. The minimum atomic E-state index is -3.69. The number of carbonyl (C=O) groups excluding carboxylic acids is 1. The van der Waals surface area contributed by atoms with Crippen LogP contribution in [0.4, 0.5) is 5.69 Å². The summed E-state index contributed by atoms with van der Waals surface area (Å²) < 4.78 is 27.7. The molecule has 1 aliphatic carbocycles. The lowest BCUT2D eigenvalue weighted by molar-refractivity contribution is -0.126. The number of anilines is 1. The molecule has 0 unspecified atom stereocenters. The van der Waals surface area contributed by atoms with Crippen LogP contribution in [0.15, 0.2) is 59.5 Å². The maximum atomic E-state index is 12.5. The highest BCUT2D eigenvalue weighted by atomic mass is 32.2. The zero-order valence-corrected chi connectivity index (χ0v) is 15.3. The van der Waals surface area contributed by atoms with Gasteiger partial charge in [0.05, 0.1) is 16.1 Å². The van der Waals surface area contributed by atoms with Crippen molar-refractivity contribution in [3.05, 3.63) is 60.2 Å². The first-order valence-electron chi connectivity index (χ1n) is 8.64. The normalized spacial score (nSPS) is 16.2. The minimum absolute atomic E-state index is 0.185. The molecule has 1 fully saturated rings. The Hall–Kier alpha value is -2.38. The van der Waals surface area contributed by atoms with E-state index < -0.39 is 15.6 Å². The second-order valence-electron chi connectivity index (χ2n) is 6.62. The summed E-state index contributed by atoms with van der Waals surface area (Å²) in [5.74, 6) is -0.185. The summed E-state index contributed by atoms with van der Waals surface area (Å²) in [4.78, 5) is 12.6. The highest BCUT2D eigenvalue weighted by Crippen LogP contribution is 2.27. The van der Waals surface area contributed by atoms with Crippen LogP contribution in [0.5, 0.6) is 0 Å². The number of amides is 1. The molecule has 0 aliphatic heterocycles. The fourth-order valence-electron chi connectivity index (χ4n) is 3.16. The Morgan fingerprint density at radius 2 is 1.62 bits per heavy atom. The molecule has 0 heterocycles. The zero-order valence-electron chi connectivity index (χ0n) is 14.4. The standard InChI is InChI=1S/C19H23N3O3S/c20-19(12-6-7-13-19)18(23)21-14-15-8-4-5-11-17(15)22-26(24,25)16-9-2-1-3-10-16/h1-5,8-11,22H,6-7,12-14,20H2,(H,21,23). The molecule has 7 heteroatoms. The monoisotopic (exact) mass is 373 g/mol. The summed E-state index contributed by atoms with van der Waals surface area (Å²) in [5, 5.41) is 2.85. The second-order valence-corrected chi connectivity index (χ2v) is 8.30. The SMILES string of the molecule is NC1(C(=O)NCc2ccccc2NS(=O)(=O)c2ccccc2)CCCC1. The summed E-state index contributed by atoms with van der Waals surface area (Å²) in [6, 6.07) is 15.2. The van der Waals surface area contributed by atoms with Crippen molar-refractivity contribution in [2.45, 2.75) is 42.7 Å². The summed E-state index contributed by atoms with van der Waals surface area (Å²) in [6.45, 7) is 0.214. The Morgan fingerprint density at radius 1 is 1.00 bits per heavy atom. The van der Waals surface area contributed by atoms with Crippen molar-refractivity contribution in [2.75, 3.05) is 4.72 Å². The summed E-state index contributed by atoms with van der Waals surface area (Å²) in [6.07, 6.45) is 3.27. The molecule has 1 saturated carbocycles. The molecule has 138 valence electrons. The van der Waals surface area contributed by atoms with E-state index in [1.807, 2.05) is 0 Å². The van der Waals surface area contributed by atoms with E-state index in [4.69, 9.17) is 5.73 Å². The molecule has 2 aromatic carbocycles. The number of rotatable bonds is 6. The predicted octanol–water partition coefficient (Wildman–Crippen LogP) is 2.38. The van der Waals surface area contributed by atoms with E-state index in [9.17, 15) is 13.2 Å². The Labute approximate surface area is 153 Å². The van der Waals surface area contributed by atoms with Crippen LogP contribution in [0, 0.1) is 0 Å². The molecule has 0 spiro atoms. The van der Waals surface area contributed by atoms with Crippen LogP contribution in [0.3, 0.4) is 0 Å². The van der Waals surface area contributed by atoms with Gasteiger partial charge in [-0.15, -0.1) is 0 Å². The lowest BCUT2D eigenvalue weighted by Crippen LogP contribution is -2.51. The maximum absolute atomic E-state index is 12.5. The van der Waals surface area contributed by atoms with Gasteiger partial charge in [0, 0.05) is 6.54 Å². The summed E-state index contributed by atoms with van der Waals surface area (Å²) in [7, 11) is -3.69. The highest BCUT2D eigenvalue weighted by Gasteiger charge is 2.36. The van der Waals surface area contributed by atoms with E-state index in [0.29, 0.717) is 24.1 Å². The van der Waals surface area contributed by atoms with E-state index >= 15 is 0 Å². The van der Waals surface area contributed by atoms with E-state index in [2.05, 4.69) is 10.0 Å². The van der Waals surface area contributed by atoms with Crippen molar-refractivity contribution in [1.82, 2.24) is 5.32 Å². The van der Waals surface area contributed by atoms with Crippen molar-refractivity contribution in [2.24, 2.45) is 5.73 Å². The van der Waals surface area contributed by atoms with Gasteiger partial charge in [0.25, 0.3) is 10.0 Å². The largest absolute Gasteiger partial charge is 0.350 e. The lowest BCUT2D eigenvalue weighted by Gasteiger charge is -2.22. The Bertz CT molecular complexity index is 876. The molecule has 2 aromatic rings. The van der Waals surface area contributed by atoms with Gasteiger partial charge in [-0.05, 0) is 36.6 Å². The van der Waals surface area contributed by atoms with Crippen molar-refractivity contribution >= 4 is 21.6 Å². The topological polar surface area (TPSA) is 101 Å². The number of hydrogen-bond donors (Lipinski definition) is 3. The Kier molecular flexibility index (Phi) is 5.29. The molecule has 6 nitrogen and oxygen atoms in total. The third kappa shape index (κ3) is 4.05. The van der Waals surface area contributed by atoms with Gasteiger partial charge in [-0.25, -0.2) is 8.42 Å². The van der Waals surface area contributed by atoms with Gasteiger partial charge >= 0.3 is 0 Å². The number of nitrogens with one attached hydrogen (secondary N) is 2. The third-order valence-electron chi connectivity index (χ3n) is 4.70. The van der Waals surface area contributed by atoms with Gasteiger partial charge in [-0.2, -0.15) is 0 Å². The Balaban J connectivity index is 1.73. The van der Waals surface area contributed by atoms with Crippen molar-refractivity contribution in [3.63, 3.8) is 0 Å². The minimum Gasteiger partial charge on any atom is -0.350 e. The molecule has 0 bridgehead atoms. The molecular formula is C19H23N3O3S. The number of sulfonamides is 1. The molecule has 4 N–H and O–H groups in total. The van der Waals surface area contributed by atoms with E-state index in [1.54, 1.807) is 42.5 Å². The Morgan fingerprint density at radius 3 is 2.31 bits per heavy atom. The fourth-order valence-corrected chi connectivity index (χ4v) is 4.28. The molecule has 0 atom stereocenters. The van der Waals surface area contributed by atoms with Crippen LogP contribution in [-0.4, -0.2) is 19.9 Å². The van der Waals surface area contributed by atoms with Crippen LogP contribution in [0.25, 0.3) is 0 Å². The van der Waals surface area contributed by atoms with Gasteiger partial charge in [-0.1, -0.05) is 49.2 Å². The average molecular weight is 373 g/mol. The molecule has 26 heavy (non-hydrogen) atoms. The first-order chi connectivity index (χ1) is 12.4. The molecule has 0 aromatic heterocycles. The van der Waals surface area contributed by atoms with Gasteiger partial charge in [-0.3, -0.25) is 9.52 Å². The van der Waals surface area contributed by atoms with E-state index in [-0.39, 0.29) is 17.3 Å². The lowest BCUT2D eigenvalue weighted by atomic mass is 9.98. The zero-order chi connectivity index (χ0) is 18.6. The van der Waals surface area contributed by atoms with E-state index in [1.165, 1.54) is 12.1 Å². The summed E-state index contributed by atoms with van der Waals surface area (Å²) in [5.41, 5.74) is 6.47. The number of para-hydroxylation sites is 1. The summed E-state index contributed by atoms with van der Waals surface area (Å²) >= 11 is 0. The number of carbonyl (C=O) groups is 1. The number of hydrogen-bond acceptors (Lipinski definition) is 4. The second kappa shape index (κ2) is 7.47. The van der Waals surface area contributed by atoms with Crippen LogP contribution in [0.1, 0.15) is 31.2 Å². The van der Waals surface area contributed by atoms with Crippen LogP contribution in [-0.2, 0) is 21.4 Å². The highest BCUT2D eigenvalue weighted by molar-refractivity contribution is 7.92. The number of nitrogens with two attached hydrogens (primary N) is 1. The van der Waals surface area contributed by atoms with Gasteiger partial charge in [0.1, 0.15) is 0 Å². The van der Waals surface area contributed by atoms with Gasteiger partial charge in [0.2, 0.25) is 5.91 Å². The van der Waals surface area contributed by atoms with E-state index in [0.717, 1.165) is 12.8 Å². The molecule has 3 rings (SSSR count). The van der Waals surface area contributed by atoms with Gasteiger partial charge < -0.3 is 11.1 Å². The van der Waals surface area contributed by atoms with Crippen LogP contribution < -0.4 is 15.8 Å². The van der Waals surface area contributed by atoms with Crippen molar-refractivity contribution in [1.29, 1.82) is 0 Å².